The van der Waals surface area contributed by atoms with Crippen LogP contribution in [0.1, 0.15) is 20.8 Å². The molecule has 0 aliphatic rings. The van der Waals surface area contributed by atoms with Crippen molar-refractivity contribution in [2.75, 3.05) is 6.61 Å². The van der Waals surface area contributed by atoms with Crippen molar-refractivity contribution in [3.8, 4) is 5.75 Å². The number of hydrogen-bond acceptors (Lipinski definition) is 4. The average Bonchev–Trinajstić information content (AvgIpc) is 2.56. The molecule has 0 N–H and O–H groups in total. The van der Waals surface area contributed by atoms with Crippen LogP contribution in [0.4, 0.5) is 0 Å². The van der Waals surface area contributed by atoms with Gasteiger partial charge in [0.2, 0.25) is 11.2 Å². The van der Waals surface area contributed by atoms with E-state index in [0.29, 0.717) is 5.75 Å². The number of fused-ring (bicyclic) bond motifs is 1. The third kappa shape index (κ3) is 4.67. The Kier molecular flexibility index (Phi) is 6.55. The molecule has 7 heteroatoms. The number of hydrogen-bond donors (Lipinski definition) is 0. The van der Waals surface area contributed by atoms with Gasteiger partial charge in [-0.15, -0.1) is 0 Å². The fraction of sp³-hybridized carbons (Fsp3) is 0.353. The van der Waals surface area contributed by atoms with E-state index in [-0.39, 0.29) is 12.5 Å². The standard InChI is InChI=1S/C17H20ClNO4P/c1-12(2)11-22-17(20)13(3)19(24(18)21)23-16-10-6-8-14-7-4-5-9-15(14)16/h4-10,12-13H,11H2,1-3H3/q+1/t13-/m0/s1. The van der Waals surface area contributed by atoms with Gasteiger partial charge >= 0.3 is 13.3 Å². The lowest BCUT2D eigenvalue weighted by Gasteiger charge is -2.17. The Labute approximate surface area is 147 Å². The van der Waals surface area contributed by atoms with Crippen LogP contribution in [0.25, 0.3) is 10.8 Å². The molecule has 2 aromatic rings. The van der Waals surface area contributed by atoms with Crippen molar-refractivity contribution < 1.29 is 18.9 Å². The number of benzene rings is 2. The Morgan fingerprint density at radius 1 is 1.17 bits per heavy atom. The molecule has 2 atom stereocenters. The molecule has 0 heterocycles. The summed E-state index contributed by atoms with van der Waals surface area (Å²) in [5, 5.41) is 1.80. The van der Waals surface area contributed by atoms with Crippen molar-refractivity contribution >= 4 is 35.3 Å². The summed E-state index contributed by atoms with van der Waals surface area (Å²) in [5.74, 6) is 0.145. The summed E-state index contributed by atoms with van der Waals surface area (Å²) < 4.78 is 17.0. The highest BCUT2D eigenvalue weighted by Crippen LogP contribution is 2.37. The van der Waals surface area contributed by atoms with E-state index < -0.39 is 19.3 Å². The predicted molar refractivity (Wildman–Crippen MR) is 95.1 cm³/mol. The first kappa shape index (κ1) is 18.7. The van der Waals surface area contributed by atoms with Gasteiger partial charge in [0.25, 0.3) is 0 Å². The second-order valence-electron chi connectivity index (χ2n) is 5.80. The molecule has 0 aliphatic heterocycles. The minimum absolute atomic E-state index is 0.207. The van der Waals surface area contributed by atoms with Crippen LogP contribution in [0, 0.1) is 5.92 Å². The van der Waals surface area contributed by atoms with E-state index in [1.54, 1.807) is 13.0 Å². The zero-order valence-corrected chi connectivity index (χ0v) is 15.5. The molecule has 0 amide bonds. The van der Waals surface area contributed by atoms with Crippen molar-refractivity contribution in [2.45, 2.75) is 26.8 Å². The summed E-state index contributed by atoms with van der Waals surface area (Å²) in [6, 6.07) is 12.2. The number of carbonyl (C=O) groups excluding carboxylic acids is 1. The number of nitrogens with zero attached hydrogens (tertiary/aromatic N) is 1. The van der Waals surface area contributed by atoms with E-state index in [0.717, 1.165) is 15.6 Å². The molecule has 0 aliphatic carbocycles. The molecule has 0 spiro atoms. The average molecular weight is 369 g/mol. The molecule has 128 valence electrons. The number of halogens is 1. The maximum absolute atomic E-state index is 12.1. The van der Waals surface area contributed by atoms with Crippen LogP contribution in [0.5, 0.6) is 5.75 Å². The lowest BCUT2D eigenvalue weighted by Crippen LogP contribution is -2.37. The Morgan fingerprint density at radius 3 is 2.50 bits per heavy atom. The topological polar surface area (TPSA) is 55.8 Å². The molecule has 0 bridgehead atoms. The third-order valence-corrected chi connectivity index (χ3v) is 4.51. The Bertz CT molecular complexity index is 732. The summed E-state index contributed by atoms with van der Waals surface area (Å²) >= 11 is 5.75. The van der Waals surface area contributed by atoms with Gasteiger partial charge in [-0.2, -0.15) is 0 Å². The van der Waals surface area contributed by atoms with Crippen LogP contribution in [-0.2, 0) is 14.1 Å². The zero-order valence-electron chi connectivity index (χ0n) is 13.8. The maximum atomic E-state index is 12.1. The normalized spacial score (nSPS) is 13.2. The first-order chi connectivity index (χ1) is 11.4. The molecule has 0 saturated carbocycles. The zero-order chi connectivity index (χ0) is 17.7. The number of carbonyl (C=O) groups is 1. The van der Waals surface area contributed by atoms with E-state index in [1.807, 2.05) is 50.2 Å². The Morgan fingerprint density at radius 2 is 1.83 bits per heavy atom. The van der Waals surface area contributed by atoms with Crippen molar-refractivity contribution in [1.82, 2.24) is 4.83 Å². The fourth-order valence-corrected chi connectivity index (χ4v) is 3.09. The van der Waals surface area contributed by atoms with Crippen LogP contribution < -0.4 is 4.84 Å². The first-order valence-electron chi connectivity index (χ1n) is 7.64. The van der Waals surface area contributed by atoms with Gasteiger partial charge in [-0.3, -0.25) is 4.79 Å². The van der Waals surface area contributed by atoms with Gasteiger partial charge in [0.05, 0.1) is 6.61 Å². The molecule has 0 radical (unpaired) electrons. The van der Waals surface area contributed by atoms with Gasteiger partial charge in [0.15, 0.2) is 11.8 Å². The van der Waals surface area contributed by atoms with Crippen molar-refractivity contribution in [2.24, 2.45) is 5.92 Å². The van der Waals surface area contributed by atoms with E-state index >= 15 is 0 Å². The summed E-state index contributed by atoms with van der Waals surface area (Å²) in [6.45, 7) is 5.70. The predicted octanol–water partition coefficient (Wildman–Crippen LogP) is 4.92. The van der Waals surface area contributed by atoms with Crippen molar-refractivity contribution in [3.63, 3.8) is 0 Å². The number of esters is 1. The highest BCUT2D eigenvalue weighted by atomic mass is 35.7. The Hall–Kier alpha value is -1.68. The Balaban J connectivity index is 2.21. The van der Waals surface area contributed by atoms with Gasteiger partial charge in [0, 0.05) is 5.39 Å². The smallest absolute Gasteiger partial charge is 0.464 e. The molecular weight excluding hydrogens is 349 g/mol. The van der Waals surface area contributed by atoms with Crippen LogP contribution in [0.15, 0.2) is 42.5 Å². The second kappa shape index (κ2) is 8.43. The molecule has 2 rings (SSSR count). The highest BCUT2D eigenvalue weighted by Gasteiger charge is 2.40. The van der Waals surface area contributed by atoms with Crippen molar-refractivity contribution in [1.29, 1.82) is 0 Å². The third-order valence-electron chi connectivity index (χ3n) is 3.33. The van der Waals surface area contributed by atoms with E-state index in [9.17, 15) is 9.36 Å². The SMILES string of the molecule is CC(C)COC(=O)[C@H](C)N(Oc1cccc2ccccc12)[P+](=O)Cl. The van der Waals surface area contributed by atoms with Crippen molar-refractivity contribution in [3.05, 3.63) is 42.5 Å². The summed E-state index contributed by atoms with van der Waals surface area (Å²) in [6.07, 6.45) is 0. The minimum Gasteiger partial charge on any atom is -0.464 e. The molecule has 0 saturated heterocycles. The van der Waals surface area contributed by atoms with Crippen LogP contribution in [0.2, 0.25) is 0 Å². The first-order valence-corrected chi connectivity index (χ1v) is 9.76. The van der Waals surface area contributed by atoms with Gasteiger partial charge in [-0.25, -0.2) is 0 Å². The van der Waals surface area contributed by atoms with E-state index in [1.165, 1.54) is 0 Å². The molecule has 2 aromatic carbocycles. The summed E-state index contributed by atoms with van der Waals surface area (Å²) in [5.41, 5.74) is 0. The summed E-state index contributed by atoms with van der Waals surface area (Å²) in [4.78, 5) is 18.8. The second-order valence-corrected chi connectivity index (χ2v) is 7.51. The lowest BCUT2D eigenvalue weighted by atomic mass is 10.1. The highest BCUT2D eigenvalue weighted by molar-refractivity contribution is 7.71. The van der Waals surface area contributed by atoms with Crippen LogP contribution >= 0.6 is 18.5 Å². The molecular formula is C17H20ClNO4P+. The monoisotopic (exact) mass is 368 g/mol. The molecule has 24 heavy (non-hydrogen) atoms. The van der Waals surface area contributed by atoms with Gasteiger partial charge < -0.3 is 9.57 Å². The van der Waals surface area contributed by atoms with Crippen LogP contribution in [0.3, 0.4) is 0 Å². The number of hydroxylamine groups is 1. The molecule has 0 fully saturated rings. The quantitative estimate of drug-likeness (QED) is 0.394. The van der Waals surface area contributed by atoms with Crippen LogP contribution in [-0.4, -0.2) is 23.5 Å². The molecule has 5 nitrogen and oxygen atoms in total. The van der Waals surface area contributed by atoms with Gasteiger partial charge in [-0.05, 0) is 28.9 Å². The molecule has 0 aromatic heterocycles. The summed E-state index contributed by atoms with van der Waals surface area (Å²) in [7, 11) is -2.41. The lowest BCUT2D eigenvalue weighted by molar-refractivity contribution is -0.155. The van der Waals surface area contributed by atoms with E-state index in [2.05, 4.69) is 0 Å². The van der Waals surface area contributed by atoms with Gasteiger partial charge in [0.1, 0.15) is 4.83 Å². The molecule has 1 unspecified atom stereocenters. The maximum Gasteiger partial charge on any atom is 0.593 e. The largest absolute Gasteiger partial charge is 0.593 e. The fourth-order valence-electron chi connectivity index (χ4n) is 2.08. The minimum atomic E-state index is -2.41. The van der Waals surface area contributed by atoms with E-state index in [4.69, 9.17) is 20.8 Å². The van der Waals surface area contributed by atoms with Gasteiger partial charge in [-0.1, -0.05) is 50.2 Å². The number of rotatable bonds is 7. The number of ether oxygens (including phenoxy) is 1.